The molecule has 8 nitrogen and oxygen atoms in total. The zero-order valence-corrected chi connectivity index (χ0v) is 17.4. The Morgan fingerprint density at radius 2 is 1.61 bits per heavy atom. The fraction of sp³-hybridized carbons (Fsp3) is 0.900. The second-order valence-corrected chi connectivity index (χ2v) is 8.10. The van der Waals surface area contributed by atoms with Gasteiger partial charge in [-0.25, -0.2) is 0 Å². The standard InChI is InChI=1S/C20H36O8/c1-12(2)9-7-5-6-8-10-15(22)27-17-14(11-21)26-20(25)16(23)18(17)28-19(24)13(3)4/h12-14,16-18,20-21,23,25H,5-11H2,1-4H3/t14-,16-,17-,18-,20?/m1/s1. The van der Waals surface area contributed by atoms with E-state index in [1.54, 1.807) is 13.8 Å². The number of unbranched alkanes of at least 4 members (excludes halogenated alkanes) is 3. The van der Waals surface area contributed by atoms with Gasteiger partial charge in [0, 0.05) is 6.42 Å². The number of rotatable bonds is 11. The van der Waals surface area contributed by atoms with E-state index in [1.807, 2.05) is 0 Å². The highest BCUT2D eigenvalue weighted by molar-refractivity contribution is 5.72. The lowest BCUT2D eigenvalue weighted by molar-refractivity contribution is -0.293. The highest BCUT2D eigenvalue weighted by Gasteiger charge is 2.49. The molecule has 1 rings (SSSR count). The molecule has 0 aliphatic carbocycles. The maximum absolute atomic E-state index is 12.2. The van der Waals surface area contributed by atoms with E-state index in [1.165, 1.54) is 0 Å². The van der Waals surface area contributed by atoms with Crippen molar-refractivity contribution in [2.45, 2.75) is 96.9 Å². The van der Waals surface area contributed by atoms with Crippen LogP contribution >= 0.6 is 0 Å². The summed E-state index contributed by atoms with van der Waals surface area (Å²) in [5.41, 5.74) is 0. The van der Waals surface area contributed by atoms with Crippen molar-refractivity contribution in [3.63, 3.8) is 0 Å². The minimum Gasteiger partial charge on any atom is -0.455 e. The molecule has 1 saturated heterocycles. The van der Waals surface area contributed by atoms with E-state index in [0.29, 0.717) is 12.3 Å². The Hall–Kier alpha value is -1.22. The van der Waals surface area contributed by atoms with Gasteiger partial charge in [-0.3, -0.25) is 9.59 Å². The van der Waals surface area contributed by atoms with Crippen LogP contribution in [-0.2, 0) is 23.8 Å². The number of carbonyl (C=O) groups excluding carboxylic acids is 2. The minimum atomic E-state index is -1.65. The van der Waals surface area contributed by atoms with Crippen LogP contribution in [0.25, 0.3) is 0 Å². The maximum Gasteiger partial charge on any atom is 0.308 e. The number of hydrogen-bond donors (Lipinski definition) is 3. The summed E-state index contributed by atoms with van der Waals surface area (Å²) in [6, 6.07) is 0. The van der Waals surface area contributed by atoms with Crippen molar-refractivity contribution in [3.05, 3.63) is 0 Å². The zero-order chi connectivity index (χ0) is 21.3. The average molecular weight is 405 g/mol. The number of esters is 2. The number of aliphatic hydroxyl groups is 3. The van der Waals surface area contributed by atoms with E-state index in [2.05, 4.69) is 13.8 Å². The zero-order valence-electron chi connectivity index (χ0n) is 17.4. The van der Waals surface area contributed by atoms with E-state index >= 15 is 0 Å². The molecule has 0 bridgehead atoms. The number of hydrogen-bond acceptors (Lipinski definition) is 8. The molecule has 0 radical (unpaired) electrons. The summed E-state index contributed by atoms with van der Waals surface area (Å²) in [5.74, 6) is -0.938. The summed E-state index contributed by atoms with van der Waals surface area (Å²) in [4.78, 5) is 24.2. The first kappa shape index (κ1) is 24.8. The fourth-order valence-electron chi connectivity index (χ4n) is 2.99. The Balaban J connectivity index is 2.62. The van der Waals surface area contributed by atoms with Gasteiger partial charge in [-0.05, 0) is 12.3 Å². The molecule has 1 aliphatic heterocycles. The SMILES string of the molecule is CC(C)CCCCCCC(=O)O[C@H]1[C@H](OC(=O)C(C)C)[C@@H](O)C(O)O[C@@H]1CO. The van der Waals surface area contributed by atoms with Crippen LogP contribution in [0.4, 0.5) is 0 Å². The highest BCUT2D eigenvalue weighted by atomic mass is 16.7. The molecule has 0 aromatic rings. The van der Waals surface area contributed by atoms with Crippen LogP contribution in [0.15, 0.2) is 0 Å². The summed E-state index contributed by atoms with van der Waals surface area (Å²) in [6.07, 6.45) is -1.79. The molecule has 1 unspecified atom stereocenters. The predicted molar refractivity (Wildman–Crippen MR) is 101 cm³/mol. The molecule has 0 spiro atoms. The maximum atomic E-state index is 12.2. The first-order chi connectivity index (χ1) is 13.2. The highest BCUT2D eigenvalue weighted by Crippen LogP contribution is 2.26. The number of carbonyl (C=O) groups is 2. The van der Waals surface area contributed by atoms with Crippen LogP contribution < -0.4 is 0 Å². The summed E-state index contributed by atoms with van der Waals surface area (Å²) in [6.45, 7) is 7.03. The molecule has 0 saturated carbocycles. The van der Waals surface area contributed by atoms with Crippen molar-refractivity contribution in [1.82, 2.24) is 0 Å². The Kier molecular flexibility index (Phi) is 11.0. The Morgan fingerprint density at radius 3 is 2.18 bits per heavy atom. The third kappa shape index (κ3) is 8.03. The Labute approximate surface area is 167 Å². The van der Waals surface area contributed by atoms with Crippen LogP contribution in [-0.4, -0.2) is 64.6 Å². The van der Waals surface area contributed by atoms with Gasteiger partial charge in [0.25, 0.3) is 0 Å². The Bertz CT molecular complexity index is 479. The monoisotopic (exact) mass is 404 g/mol. The minimum absolute atomic E-state index is 0.180. The fourth-order valence-corrected chi connectivity index (χ4v) is 2.99. The molecule has 1 fully saturated rings. The van der Waals surface area contributed by atoms with Crippen molar-refractivity contribution < 1.29 is 39.1 Å². The van der Waals surface area contributed by atoms with E-state index in [4.69, 9.17) is 14.2 Å². The van der Waals surface area contributed by atoms with Crippen molar-refractivity contribution in [2.75, 3.05) is 6.61 Å². The normalized spacial score (nSPS) is 27.8. The molecule has 164 valence electrons. The van der Waals surface area contributed by atoms with Crippen molar-refractivity contribution in [1.29, 1.82) is 0 Å². The molecule has 1 aliphatic rings. The molecule has 8 heteroatoms. The van der Waals surface area contributed by atoms with Gasteiger partial charge in [-0.2, -0.15) is 0 Å². The largest absolute Gasteiger partial charge is 0.455 e. The lowest BCUT2D eigenvalue weighted by Crippen LogP contribution is -2.61. The van der Waals surface area contributed by atoms with Gasteiger partial charge in [0.15, 0.2) is 18.5 Å². The predicted octanol–water partition coefficient (Wildman–Crippen LogP) is 1.53. The molecule has 0 amide bonds. The van der Waals surface area contributed by atoms with Crippen LogP contribution in [0.1, 0.15) is 66.2 Å². The molecule has 1 heterocycles. The van der Waals surface area contributed by atoms with Gasteiger partial charge in [0.1, 0.15) is 12.2 Å². The molecule has 3 N–H and O–H groups in total. The summed E-state index contributed by atoms with van der Waals surface area (Å²) in [5, 5.41) is 29.5. The summed E-state index contributed by atoms with van der Waals surface area (Å²) < 4.78 is 15.7. The first-order valence-corrected chi connectivity index (χ1v) is 10.2. The van der Waals surface area contributed by atoms with Crippen LogP contribution in [0, 0.1) is 11.8 Å². The third-order valence-corrected chi connectivity index (χ3v) is 4.72. The van der Waals surface area contributed by atoms with Gasteiger partial charge in [-0.15, -0.1) is 0 Å². The van der Waals surface area contributed by atoms with Crippen LogP contribution in [0.5, 0.6) is 0 Å². The van der Waals surface area contributed by atoms with Crippen molar-refractivity contribution in [2.24, 2.45) is 11.8 Å². The van der Waals surface area contributed by atoms with E-state index in [9.17, 15) is 24.9 Å². The quantitative estimate of drug-likeness (QED) is 0.350. The lowest BCUT2D eigenvalue weighted by Gasteiger charge is -2.41. The van der Waals surface area contributed by atoms with Gasteiger partial charge in [0.2, 0.25) is 0 Å². The van der Waals surface area contributed by atoms with Crippen molar-refractivity contribution in [3.8, 4) is 0 Å². The first-order valence-electron chi connectivity index (χ1n) is 10.2. The molecular weight excluding hydrogens is 368 g/mol. The lowest BCUT2D eigenvalue weighted by atomic mass is 9.98. The van der Waals surface area contributed by atoms with Gasteiger partial charge in [0.05, 0.1) is 12.5 Å². The van der Waals surface area contributed by atoms with Crippen molar-refractivity contribution >= 4 is 11.9 Å². The van der Waals surface area contributed by atoms with Crippen LogP contribution in [0.3, 0.4) is 0 Å². The smallest absolute Gasteiger partial charge is 0.308 e. The molecule has 28 heavy (non-hydrogen) atoms. The summed E-state index contributed by atoms with van der Waals surface area (Å²) >= 11 is 0. The van der Waals surface area contributed by atoms with Gasteiger partial charge in [-0.1, -0.05) is 53.4 Å². The second-order valence-electron chi connectivity index (χ2n) is 8.10. The van der Waals surface area contributed by atoms with Gasteiger partial charge >= 0.3 is 11.9 Å². The molecular formula is C20H36O8. The average Bonchev–Trinajstić information content (AvgIpc) is 2.63. The van der Waals surface area contributed by atoms with Crippen LogP contribution in [0.2, 0.25) is 0 Å². The number of ether oxygens (including phenoxy) is 3. The molecule has 0 aromatic carbocycles. The molecule has 5 atom stereocenters. The van der Waals surface area contributed by atoms with E-state index < -0.39 is 55.2 Å². The molecule has 0 aromatic heterocycles. The van der Waals surface area contributed by atoms with Gasteiger partial charge < -0.3 is 29.5 Å². The second kappa shape index (κ2) is 12.4. The van der Waals surface area contributed by atoms with E-state index in [0.717, 1.165) is 25.7 Å². The summed E-state index contributed by atoms with van der Waals surface area (Å²) in [7, 11) is 0. The third-order valence-electron chi connectivity index (χ3n) is 4.72. The Morgan fingerprint density at radius 1 is 0.964 bits per heavy atom. The number of aliphatic hydroxyl groups excluding tert-OH is 3. The topological polar surface area (TPSA) is 123 Å². The van der Waals surface area contributed by atoms with E-state index in [-0.39, 0.29) is 6.42 Å².